The number of rotatable bonds is 9. The standard InChI is InChI=1S/C19H25BN2O3/c21-18(13-16-9-5-2-6-10-16)19(23)22-14-17(20(24)25)12-11-15-7-3-1-4-8-15/h1-10,17-18,24-25H,11-14,21H2,(H,22,23)/t17-,18+/m1/s1. The van der Waals surface area contributed by atoms with Crippen LogP contribution in [0.1, 0.15) is 17.5 Å². The number of amides is 1. The highest BCUT2D eigenvalue weighted by Gasteiger charge is 2.24. The van der Waals surface area contributed by atoms with E-state index in [0.29, 0.717) is 12.8 Å². The Hall–Kier alpha value is -2.15. The van der Waals surface area contributed by atoms with E-state index in [-0.39, 0.29) is 12.5 Å². The van der Waals surface area contributed by atoms with Gasteiger partial charge in [0.2, 0.25) is 5.91 Å². The molecule has 0 aromatic heterocycles. The van der Waals surface area contributed by atoms with Crippen LogP contribution in [0.4, 0.5) is 0 Å². The summed E-state index contributed by atoms with van der Waals surface area (Å²) in [5.74, 6) is -0.720. The molecule has 6 heteroatoms. The third-order valence-corrected chi connectivity index (χ3v) is 4.24. The fourth-order valence-corrected chi connectivity index (χ4v) is 2.68. The minimum atomic E-state index is -1.48. The molecule has 0 aliphatic carbocycles. The quantitative estimate of drug-likeness (QED) is 0.515. The van der Waals surface area contributed by atoms with Gasteiger partial charge in [-0.3, -0.25) is 4.79 Å². The van der Waals surface area contributed by atoms with E-state index in [9.17, 15) is 14.8 Å². The van der Waals surface area contributed by atoms with Gasteiger partial charge in [0, 0.05) is 12.4 Å². The number of carbonyl (C=O) groups is 1. The molecule has 25 heavy (non-hydrogen) atoms. The maximum absolute atomic E-state index is 12.1. The van der Waals surface area contributed by atoms with Crippen molar-refractivity contribution < 1.29 is 14.8 Å². The van der Waals surface area contributed by atoms with Crippen LogP contribution in [0.5, 0.6) is 0 Å². The molecule has 1 amide bonds. The van der Waals surface area contributed by atoms with E-state index >= 15 is 0 Å². The predicted molar refractivity (Wildman–Crippen MR) is 99.8 cm³/mol. The SMILES string of the molecule is N[C@@H](Cc1ccccc1)C(=O)NC[C@@H](CCc1ccccc1)B(O)O. The maximum Gasteiger partial charge on any atom is 0.456 e. The maximum atomic E-state index is 12.1. The molecule has 0 radical (unpaired) electrons. The molecule has 0 saturated carbocycles. The molecule has 0 aliphatic rings. The zero-order valence-electron chi connectivity index (χ0n) is 14.2. The summed E-state index contributed by atoms with van der Waals surface area (Å²) < 4.78 is 0. The first-order chi connectivity index (χ1) is 12.1. The van der Waals surface area contributed by atoms with E-state index in [0.717, 1.165) is 17.5 Å². The first-order valence-electron chi connectivity index (χ1n) is 8.53. The summed E-state index contributed by atoms with van der Waals surface area (Å²) in [5, 5.41) is 21.8. The van der Waals surface area contributed by atoms with Gasteiger partial charge in [-0.2, -0.15) is 0 Å². The first kappa shape index (κ1) is 19.2. The van der Waals surface area contributed by atoms with Gasteiger partial charge >= 0.3 is 7.12 Å². The highest BCUT2D eigenvalue weighted by Crippen LogP contribution is 2.16. The van der Waals surface area contributed by atoms with Gasteiger partial charge < -0.3 is 21.1 Å². The van der Waals surface area contributed by atoms with Crippen molar-refractivity contribution in [3.8, 4) is 0 Å². The summed E-state index contributed by atoms with van der Waals surface area (Å²) in [4.78, 5) is 12.1. The molecule has 5 nitrogen and oxygen atoms in total. The monoisotopic (exact) mass is 340 g/mol. The molecule has 0 bridgehead atoms. The molecule has 0 unspecified atom stereocenters. The molecule has 0 aliphatic heterocycles. The highest BCUT2D eigenvalue weighted by molar-refractivity contribution is 6.43. The van der Waals surface area contributed by atoms with Crippen LogP contribution in [-0.4, -0.2) is 35.7 Å². The minimum Gasteiger partial charge on any atom is -0.427 e. The third-order valence-electron chi connectivity index (χ3n) is 4.24. The predicted octanol–water partition coefficient (Wildman–Crippen LogP) is 1.15. The number of nitrogens with two attached hydrogens (primary N) is 1. The van der Waals surface area contributed by atoms with Crippen molar-refractivity contribution in [2.75, 3.05) is 6.54 Å². The Morgan fingerprint density at radius 2 is 1.56 bits per heavy atom. The van der Waals surface area contributed by atoms with Crippen LogP contribution < -0.4 is 11.1 Å². The van der Waals surface area contributed by atoms with Crippen molar-refractivity contribution in [1.82, 2.24) is 5.32 Å². The molecule has 0 fully saturated rings. The number of hydrogen-bond donors (Lipinski definition) is 4. The Labute approximate surface area is 149 Å². The topological polar surface area (TPSA) is 95.6 Å². The van der Waals surface area contributed by atoms with Crippen molar-refractivity contribution in [1.29, 1.82) is 0 Å². The molecule has 0 saturated heterocycles. The van der Waals surface area contributed by atoms with E-state index in [1.54, 1.807) is 0 Å². The van der Waals surface area contributed by atoms with Gasteiger partial charge in [0.1, 0.15) is 0 Å². The fraction of sp³-hybridized carbons (Fsp3) is 0.316. The van der Waals surface area contributed by atoms with Crippen LogP contribution >= 0.6 is 0 Å². The van der Waals surface area contributed by atoms with Gasteiger partial charge in [-0.15, -0.1) is 0 Å². The van der Waals surface area contributed by atoms with Gasteiger partial charge in [0.25, 0.3) is 0 Å². The number of nitrogens with one attached hydrogen (secondary N) is 1. The van der Waals surface area contributed by atoms with Gasteiger partial charge in [0.15, 0.2) is 0 Å². The number of aryl methyl sites for hydroxylation is 1. The molecule has 2 aromatic carbocycles. The number of benzene rings is 2. The van der Waals surface area contributed by atoms with Crippen LogP contribution in [0.2, 0.25) is 5.82 Å². The third kappa shape index (κ3) is 6.70. The molecule has 0 spiro atoms. The smallest absolute Gasteiger partial charge is 0.427 e. The lowest BCUT2D eigenvalue weighted by atomic mass is 9.70. The van der Waals surface area contributed by atoms with E-state index in [4.69, 9.17) is 5.73 Å². The Morgan fingerprint density at radius 1 is 1.00 bits per heavy atom. The molecule has 132 valence electrons. The molecular formula is C19H25BN2O3. The molecule has 2 atom stereocenters. The lowest BCUT2D eigenvalue weighted by molar-refractivity contribution is -0.122. The molecular weight excluding hydrogens is 315 g/mol. The summed E-state index contributed by atoms with van der Waals surface area (Å²) in [5.41, 5.74) is 8.06. The van der Waals surface area contributed by atoms with Gasteiger partial charge in [-0.1, -0.05) is 60.7 Å². The second-order valence-corrected chi connectivity index (χ2v) is 6.24. The first-order valence-corrected chi connectivity index (χ1v) is 8.53. The van der Waals surface area contributed by atoms with Crippen molar-refractivity contribution in [3.05, 3.63) is 71.8 Å². The Bertz CT molecular complexity index is 638. The zero-order chi connectivity index (χ0) is 18.1. The lowest BCUT2D eigenvalue weighted by Gasteiger charge is -2.18. The van der Waals surface area contributed by atoms with Gasteiger partial charge in [0.05, 0.1) is 6.04 Å². The summed E-state index contributed by atoms with van der Waals surface area (Å²) in [7, 11) is -1.48. The second kappa shape index (κ2) is 9.98. The van der Waals surface area contributed by atoms with Crippen LogP contribution in [-0.2, 0) is 17.6 Å². The summed E-state index contributed by atoms with van der Waals surface area (Å²) >= 11 is 0. The highest BCUT2D eigenvalue weighted by atomic mass is 16.4. The van der Waals surface area contributed by atoms with Crippen molar-refractivity contribution >= 4 is 13.0 Å². The van der Waals surface area contributed by atoms with Gasteiger partial charge in [-0.25, -0.2) is 0 Å². The molecule has 2 rings (SSSR count). The van der Waals surface area contributed by atoms with Crippen molar-refractivity contribution in [2.45, 2.75) is 31.1 Å². The Kier molecular flexibility index (Phi) is 7.66. The number of hydrogen-bond acceptors (Lipinski definition) is 4. The van der Waals surface area contributed by atoms with E-state index in [1.807, 2.05) is 60.7 Å². The Balaban J connectivity index is 1.80. The summed E-state index contributed by atoms with van der Waals surface area (Å²) in [6.45, 7) is 0.186. The molecule has 2 aromatic rings. The molecule has 5 N–H and O–H groups in total. The van der Waals surface area contributed by atoms with Crippen molar-refractivity contribution in [3.63, 3.8) is 0 Å². The fourth-order valence-electron chi connectivity index (χ4n) is 2.68. The zero-order valence-corrected chi connectivity index (χ0v) is 14.2. The van der Waals surface area contributed by atoms with Crippen LogP contribution in [0.25, 0.3) is 0 Å². The van der Waals surface area contributed by atoms with Gasteiger partial charge in [-0.05, 0) is 30.4 Å². The minimum absolute atomic E-state index is 0.186. The van der Waals surface area contributed by atoms with Crippen molar-refractivity contribution in [2.24, 2.45) is 5.73 Å². The Morgan fingerprint density at radius 3 is 2.12 bits per heavy atom. The summed E-state index contributed by atoms with van der Waals surface area (Å²) in [6.07, 6.45) is 1.73. The average Bonchev–Trinajstić information content (AvgIpc) is 2.62. The number of carbonyl (C=O) groups excluding carboxylic acids is 1. The largest absolute Gasteiger partial charge is 0.456 e. The molecule has 0 heterocycles. The summed E-state index contributed by atoms with van der Waals surface area (Å²) in [6, 6.07) is 18.7. The van der Waals surface area contributed by atoms with Crippen LogP contribution in [0.15, 0.2) is 60.7 Å². The average molecular weight is 340 g/mol. The van der Waals surface area contributed by atoms with E-state index in [1.165, 1.54) is 0 Å². The van der Waals surface area contributed by atoms with Crippen LogP contribution in [0.3, 0.4) is 0 Å². The van der Waals surface area contributed by atoms with E-state index in [2.05, 4.69) is 5.32 Å². The normalized spacial score (nSPS) is 13.1. The second-order valence-electron chi connectivity index (χ2n) is 6.24. The lowest BCUT2D eigenvalue weighted by Crippen LogP contribution is -2.44. The van der Waals surface area contributed by atoms with E-state index < -0.39 is 19.0 Å². The van der Waals surface area contributed by atoms with Crippen LogP contribution in [0, 0.1) is 0 Å².